The van der Waals surface area contributed by atoms with Crippen molar-refractivity contribution >= 4 is 11.6 Å². The summed E-state index contributed by atoms with van der Waals surface area (Å²) in [6, 6.07) is 7.80. The van der Waals surface area contributed by atoms with E-state index in [0.717, 1.165) is 11.3 Å². The largest absolute Gasteiger partial charge is 0.492 e. The van der Waals surface area contributed by atoms with Crippen molar-refractivity contribution in [3.05, 3.63) is 41.1 Å². The van der Waals surface area contributed by atoms with E-state index in [1.165, 1.54) is 0 Å². The molecule has 0 N–H and O–H groups in total. The molecule has 0 aliphatic carbocycles. The van der Waals surface area contributed by atoms with Gasteiger partial charge in [-0.25, -0.2) is 0 Å². The van der Waals surface area contributed by atoms with Gasteiger partial charge in [0.15, 0.2) is 0 Å². The lowest BCUT2D eigenvalue weighted by atomic mass is 10.0. The minimum Gasteiger partial charge on any atom is -0.492 e. The van der Waals surface area contributed by atoms with Gasteiger partial charge in [0.2, 0.25) is 5.89 Å². The Kier molecular flexibility index (Phi) is 1.89. The van der Waals surface area contributed by atoms with E-state index in [4.69, 9.17) is 20.8 Å². The molecular weight excluding hydrogens is 216 g/mol. The van der Waals surface area contributed by atoms with Crippen LogP contribution in [0.25, 0.3) is 0 Å². The lowest BCUT2D eigenvalue weighted by Crippen LogP contribution is -2.02. The van der Waals surface area contributed by atoms with Crippen LogP contribution in [-0.2, 0) is 0 Å². The summed E-state index contributed by atoms with van der Waals surface area (Å²) in [5.41, 5.74) is 1.07. The van der Waals surface area contributed by atoms with Crippen molar-refractivity contribution in [3.63, 3.8) is 0 Å². The standard InChI is InChI=1S/C10H7ClN2O2/c11-10-13-12-9(15-10)7-5-14-8-4-2-1-3-6(7)8/h1-4,7H,5H2. The first-order valence-corrected chi connectivity index (χ1v) is 4.93. The number of para-hydroxylation sites is 1. The molecule has 3 rings (SSSR count). The monoisotopic (exact) mass is 222 g/mol. The van der Waals surface area contributed by atoms with Crippen molar-refractivity contribution in [3.8, 4) is 5.75 Å². The third-order valence-corrected chi connectivity index (χ3v) is 2.57. The first kappa shape index (κ1) is 8.73. The Bertz CT molecular complexity index is 498. The van der Waals surface area contributed by atoms with Crippen LogP contribution in [0.3, 0.4) is 0 Å². The minimum atomic E-state index is 0.00111. The Morgan fingerprint density at radius 2 is 2.13 bits per heavy atom. The normalized spacial score (nSPS) is 18.6. The first-order valence-electron chi connectivity index (χ1n) is 4.55. The van der Waals surface area contributed by atoms with Crippen LogP contribution in [0, 0.1) is 0 Å². The molecule has 1 aromatic carbocycles. The summed E-state index contributed by atoms with van der Waals surface area (Å²) in [6.07, 6.45) is 0. The number of fused-ring (bicyclic) bond motifs is 1. The highest BCUT2D eigenvalue weighted by Gasteiger charge is 2.29. The molecule has 2 aromatic rings. The van der Waals surface area contributed by atoms with Gasteiger partial charge in [-0.2, -0.15) is 0 Å². The first-order chi connectivity index (χ1) is 7.34. The molecule has 0 spiro atoms. The highest BCUT2D eigenvalue weighted by molar-refractivity contribution is 6.27. The van der Waals surface area contributed by atoms with Crippen molar-refractivity contribution in [1.29, 1.82) is 0 Å². The van der Waals surface area contributed by atoms with Gasteiger partial charge in [-0.1, -0.05) is 23.3 Å². The van der Waals surface area contributed by atoms with Gasteiger partial charge in [0, 0.05) is 5.56 Å². The van der Waals surface area contributed by atoms with Gasteiger partial charge in [0.05, 0.1) is 0 Å². The average molecular weight is 223 g/mol. The van der Waals surface area contributed by atoms with E-state index in [2.05, 4.69) is 10.2 Å². The van der Waals surface area contributed by atoms with E-state index in [1.54, 1.807) is 0 Å². The van der Waals surface area contributed by atoms with Gasteiger partial charge >= 0.3 is 5.35 Å². The van der Waals surface area contributed by atoms with Gasteiger partial charge in [-0.15, -0.1) is 5.10 Å². The summed E-state index contributed by atoms with van der Waals surface area (Å²) in [5, 5.41) is 7.56. The molecule has 1 aliphatic rings. The number of hydrogen-bond donors (Lipinski definition) is 0. The zero-order valence-corrected chi connectivity index (χ0v) is 8.44. The van der Waals surface area contributed by atoms with E-state index in [1.807, 2.05) is 24.3 Å². The topological polar surface area (TPSA) is 48.2 Å². The van der Waals surface area contributed by atoms with E-state index in [-0.39, 0.29) is 11.3 Å². The average Bonchev–Trinajstić information content (AvgIpc) is 2.83. The van der Waals surface area contributed by atoms with Crippen molar-refractivity contribution < 1.29 is 9.15 Å². The number of ether oxygens (including phenoxy) is 1. The third kappa shape index (κ3) is 1.37. The van der Waals surface area contributed by atoms with Crippen LogP contribution in [0.5, 0.6) is 5.75 Å². The van der Waals surface area contributed by atoms with Crippen LogP contribution < -0.4 is 4.74 Å². The lowest BCUT2D eigenvalue weighted by Gasteiger charge is -2.01. The highest BCUT2D eigenvalue weighted by Crippen LogP contribution is 2.37. The molecule has 0 fully saturated rings. The molecular formula is C10H7ClN2O2. The summed E-state index contributed by atoms with van der Waals surface area (Å²) in [4.78, 5) is 0. The summed E-state index contributed by atoms with van der Waals surface area (Å²) >= 11 is 5.58. The van der Waals surface area contributed by atoms with E-state index < -0.39 is 0 Å². The minimum absolute atomic E-state index is 0.00111. The molecule has 0 radical (unpaired) electrons. The van der Waals surface area contributed by atoms with Gasteiger partial charge in [0.25, 0.3) is 0 Å². The Hall–Kier alpha value is -1.55. The fraction of sp³-hybridized carbons (Fsp3) is 0.200. The highest BCUT2D eigenvalue weighted by atomic mass is 35.5. The Labute approximate surface area is 90.8 Å². The maximum absolute atomic E-state index is 5.58. The van der Waals surface area contributed by atoms with E-state index >= 15 is 0 Å². The molecule has 15 heavy (non-hydrogen) atoms. The molecule has 0 bridgehead atoms. The van der Waals surface area contributed by atoms with Gasteiger partial charge in [-0.05, 0) is 17.7 Å². The number of hydrogen-bond acceptors (Lipinski definition) is 4. The van der Waals surface area contributed by atoms with Gasteiger partial charge < -0.3 is 9.15 Å². The maximum atomic E-state index is 5.58. The van der Waals surface area contributed by atoms with Crippen LogP contribution in [0.4, 0.5) is 0 Å². The van der Waals surface area contributed by atoms with Crippen LogP contribution >= 0.6 is 11.6 Å². The molecule has 2 heterocycles. The van der Waals surface area contributed by atoms with Crippen LogP contribution in [0.1, 0.15) is 17.4 Å². The summed E-state index contributed by atoms with van der Waals surface area (Å²) in [6.45, 7) is 0.526. The third-order valence-electron chi connectivity index (χ3n) is 2.41. The number of aromatic nitrogens is 2. The molecule has 4 nitrogen and oxygen atoms in total. The lowest BCUT2D eigenvalue weighted by molar-refractivity contribution is 0.324. The van der Waals surface area contributed by atoms with Crippen molar-refractivity contribution in [2.24, 2.45) is 0 Å². The molecule has 0 saturated heterocycles. The second kappa shape index (κ2) is 3.24. The van der Waals surface area contributed by atoms with E-state index in [9.17, 15) is 0 Å². The molecule has 1 aliphatic heterocycles. The molecule has 76 valence electrons. The van der Waals surface area contributed by atoms with Crippen LogP contribution in [-0.4, -0.2) is 16.8 Å². The van der Waals surface area contributed by atoms with Crippen molar-refractivity contribution in [2.45, 2.75) is 5.92 Å². The second-order valence-corrected chi connectivity index (χ2v) is 3.62. The summed E-state index contributed by atoms with van der Waals surface area (Å²) in [5.74, 6) is 1.38. The van der Waals surface area contributed by atoms with Crippen LogP contribution in [0.2, 0.25) is 5.35 Å². The molecule has 0 saturated carbocycles. The SMILES string of the molecule is Clc1nnc(C2COc3ccccc32)o1. The maximum Gasteiger partial charge on any atom is 0.312 e. The predicted octanol–water partition coefficient (Wildman–Crippen LogP) is 2.25. The Balaban J connectivity index is 2.04. The molecule has 5 heteroatoms. The fourth-order valence-electron chi connectivity index (χ4n) is 1.72. The Morgan fingerprint density at radius 1 is 1.27 bits per heavy atom. The Morgan fingerprint density at radius 3 is 2.93 bits per heavy atom. The predicted molar refractivity (Wildman–Crippen MR) is 53.1 cm³/mol. The molecule has 1 aromatic heterocycles. The zero-order valence-electron chi connectivity index (χ0n) is 7.68. The zero-order chi connectivity index (χ0) is 10.3. The van der Waals surface area contributed by atoms with E-state index in [0.29, 0.717) is 12.5 Å². The van der Waals surface area contributed by atoms with Crippen LogP contribution in [0.15, 0.2) is 28.7 Å². The quantitative estimate of drug-likeness (QED) is 0.743. The molecule has 0 amide bonds. The summed E-state index contributed by atoms with van der Waals surface area (Å²) in [7, 11) is 0. The second-order valence-electron chi connectivity index (χ2n) is 3.29. The smallest absolute Gasteiger partial charge is 0.312 e. The van der Waals surface area contributed by atoms with Crippen molar-refractivity contribution in [1.82, 2.24) is 10.2 Å². The van der Waals surface area contributed by atoms with Crippen molar-refractivity contribution in [2.75, 3.05) is 6.61 Å². The number of nitrogens with zero attached hydrogens (tertiary/aromatic N) is 2. The number of benzene rings is 1. The molecule has 1 unspecified atom stereocenters. The molecule has 1 atom stereocenters. The van der Waals surface area contributed by atoms with Gasteiger partial charge in [0.1, 0.15) is 18.3 Å². The summed E-state index contributed by atoms with van der Waals surface area (Å²) < 4.78 is 10.7. The van der Waals surface area contributed by atoms with Gasteiger partial charge in [-0.3, -0.25) is 0 Å². The number of rotatable bonds is 1. The fourth-order valence-corrected chi connectivity index (χ4v) is 1.84. The number of halogens is 1.